The molecule has 1 amide bonds. The van der Waals surface area contributed by atoms with Gasteiger partial charge in [-0.25, -0.2) is 4.39 Å². The van der Waals surface area contributed by atoms with Gasteiger partial charge in [-0.3, -0.25) is 4.79 Å². The predicted octanol–water partition coefficient (Wildman–Crippen LogP) is 3.56. The molecule has 0 N–H and O–H groups in total. The maximum absolute atomic E-state index is 13.7. The third-order valence-electron chi connectivity index (χ3n) is 3.04. The van der Waals surface area contributed by atoms with Crippen LogP contribution in [0.1, 0.15) is 23.7 Å². The molecule has 1 aromatic carbocycles. The molecule has 1 aromatic rings. The Morgan fingerprint density at radius 1 is 1.61 bits per heavy atom. The SMILES string of the molecule is CCC1CN(C(=O)c2cc(Br)ccc2F)CCS1. The number of carbonyl (C=O) groups excluding carboxylic acids is 1. The number of hydrogen-bond acceptors (Lipinski definition) is 2. The van der Waals surface area contributed by atoms with Crippen molar-refractivity contribution in [3.8, 4) is 0 Å². The van der Waals surface area contributed by atoms with Gasteiger partial charge in [0.25, 0.3) is 5.91 Å². The van der Waals surface area contributed by atoms with E-state index in [0.29, 0.717) is 18.3 Å². The number of hydrogen-bond donors (Lipinski definition) is 0. The van der Waals surface area contributed by atoms with E-state index in [2.05, 4.69) is 22.9 Å². The summed E-state index contributed by atoms with van der Waals surface area (Å²) < 4.78 is 14.4. The van der Waals surface area contributed by atoms with E-state index in [9.17, 15) is 9.18 Å². The molecule has 1 aliphatic rings. The van der Waals surface area contributed by atoms with Gasteiger partial charge in [0.1, 0.15) is 5.82 Å². The normalized spacial score (nSPS) is 19.9. The number of nitrogens with zero attached hydrogens (tertiary/aromatic N) is 1. The van der Waals surface area contributed by atoms with Crippen molar-refractivity contribution in [1.82, 2.24) is 4.90 Å². The topological polar surface area (TPSA) is 20.3 Å². The van der Waals surface area contributed by atoms with Gasteiger partial charge in [0.05, 0.1) is 5.56 Å². The zero-order valence-corrected chi connectivity index (χ0v) is 12.6. The molecule has 18 heavy (non-hydrogen) atoms. The minimum absolute atomic E-state index is 0.158. The van der Waals surface area contributed by atoms with Crippen molar-refractivity contribution < 1.29 is 9.18 Å². The van der Waals surface area contributed by atoms with Crippen molar-refractivity contribution in [3.63, 3.8) is 0 Å². The molecular formula is C13H15BrFNOS. The largest absolute Gasteiger partial charge is 0.337 e. The van der Waals surface area contributed by atoms with Crippen molar-refractivity contribution in [3.05, 3.63) is 34.1 Å². The fourth-order valence-corrected chi connectivity index (χ4v) is 3.52. The van der Waals surface area contributed by atoms with Crippen LogP contribution in [-0.2, 0) is 0 Å². The second-order valence-corrected chi connectivity index (χ2v) is 6.60. The van der Waals surface area contributed by atoms with E-state index < -0.39 is 5.82 Å². The van der Waals surface area contributed by atoms with E-state index in [1.807, 2.05) is 11.8 Å². The van der Waals surface area contributed by atoms with Crippen molar-refractivity contribution in [2.75, 3.05) is 18.8 Å². The Morgan fingerprint density at radius 3 is 3.11 bits per heavy atom. The van der Waals surface area contributed by atoms with Crippen LogP contribution in [0.25, 0.3) is 0 Å². The van der Waals surface area contributed by atoms with Crippen molar-refractivity contribution in [2.45, 2.75) is 18.6 Å². The van der Waals surface area contributed by atoms with Gasteiger partial charge < -0.3 is 4.90 Å². The second-order valence-electron chi connectivity index (χ2n) is 4.28. The van der Waals surface area contributed by atoms with Crippen LogP contribution in [0.15, 0.2) is 22.7 Å². The molecule has 1 saturated heterocycles. The molecule has 5 heteroatoms. The molecule has 2 rings (SSSR count). The first-order valence-electron chi connectivity index (χ1n) is 5.97. The molecule has 1 unspecified atom stereocenters. The Bertz CT molecular complexity index is 455. The number of benzene rings is 1. The third-order valence-corrected chi connectivity index (χ3v) is 4.91. The summed E-state index contributed by atoms with van der Waals surface area (Å²) in [6, 6.07) is 4.49. The van der Waals surface area contributed by atoms with Crippen LogP contribution in [-0.4, -0.2) is 34.9 Å². The van der Waals surface area contributed by atoms with E-state index in [1.165, 1.54) is 6.07 Å². The highest BCUT2D eigenvalue weighted by Crippen LogP contribution is 2.24. The lowest BCUT2D eigenvalue weighted by atomic mass is 10.1. The summed E-state index contributed by atoms with van der Waals surface area (Å²) in [7, 11) is 0. The summed E-state index contributed by atoms with van der Waals surface area (Å²) in [6.45, 7) is 3.53. The molecule has 1 atom stereocenters. The minimum atomic E-state index is -0.450. The maximum atomic E-state index is 13.7. The summed E-state index contributed by atoms with van der Waals surface area (Å²) in [4.78, 5) is 14.0. The Kier molecular flexibility index (Phi) is 4.67. The Balaban J connectivity index is 2.17. The number of halogens is 2. The summed E-state index contributed by atoms with van der Waals surface area (Å²) in [5.74, 6) is 0.280. The fourth-order valence-electron chi connectivity index (χ4n) is 1.98. The van der Waals surface area contributed by atoms with Gasteiger partial charge in [-0.2, -0.15) is 11.8 Å². The van der Waals surface area contributed by atoms with Gasteiger partial charge in [-0.1, -0.05) is 22.9 Å². The molecule has 0 spiro atoms. The van der Waals surface area contributed by atoms with Crippen LogP contribution in [0, 0.1) is 5.82 Å². The first kappa shape index (κ1) is 13.9. The lowest BCUT2D eigenvalue weighted by Crippen LogP contribution is -2.42. The quantitative estimate of drug-likeness (QED) is 0.825. The molecule has 1 heterocycles. The summed E-state index contributed by atoms with van der Waals surface area (Å²) in [5, 5.41) is 0.470. The number of rotatable bonds is 2. The first-order chi connectivity index (χ1) is 8.61. The number of carbonyl (C=O) groups is 1. The Hall–Kier alpha value is -0.550. The lowest BCUT2D eigenvalue weighted by Gasteiger charge is -2.32. The van der Waals surface area contributed by atoms with Crippen molar-refractivity contribution in [2.24, 2.45) is 0 Å². The van der Waals surface area contributed by atoms with Crippen LogP contribution in [0.3, 0.4) is 0 Å². The summed E-state index contributed by atoms with van der Waals surface area (Å²) >= 11 is 5.16. The van der Waals surface area contributed by atoms with Gasteiger partial charge in [0.15, 0.2) is 0 Å². The summed E-state index contributed by atoms with van der Waals surface area (Å²) in [5.41, 5.74) is 0.158. The molecule has 0 aromatic heterocycles. The van der Waals surface area contributed by atoms with Crippen LogP contribution in [0.4, 0.5) is 4.39 Å². The Labute approximate surface area is 119 Å². The standard InChI is InChI=1S/C13H15BrFNOS/c1-2-10-8-16(5-6-18-10)13(17)11-7-9(14)3-4-12(11)15/h3-4,7,10H,2,5-6,8H2,1H3. The molecule has 1 aliphatic heterocycles. The highest BCUT2D eigenvalue weighted by Gasteiger charge is 2.25. The van der Waals surface area contributed by atoms with Gasteiger partial charge in [-0.05, 0) is 24.6 Å². The fraction of sp³-hybridized carbons (Fsp3) is 0.462. The zero-order valence-electron chi connectivity index (χ0n) is 10.2. The average molecular weight is 332 g/mol. The number of thioether (sulfide) groups is 1. The molecule has 0 aliphatic carbocycles. The van der Waals surface area contributed by atoms with Gasteiger partial charge in [0, 0.05) is 28.6 Å². The predicted molar refractivity (Wildman–Crippen MR) is 76.5 cm³/mol. The maximum Gasteiger partial charge on any atom is 0.256 e. The molecule has 2 nitrogen and oxygen atoms in total. The van der Waals surface area contributed by atoms with Gasteiger partial charge in [0.2, 0.25) is 0 Å². The van der Waals surface area contributed by atoms with Crippen LogP contribution in [0.5, 0.6) is 0 Å². The van der Waals surface area contributed by atoms with Crippen LogP contribution < -0.4 is 0 Å². The molecule has 98 valence electrons. The highest BCUT2D eigenvalue weighted by atomic mass is 79.9. The van der Waals surface area contributed by atoms with Gasteiger partial charge >= 0.3 is 0 Å². The molecule has 0 radical (unpaired) electrons. The summed E-state index contributed by atoms with van der Waals surface area (Å²) in [6.07, 6.45) is 1.04. The van der Waals surface area contributed by atoms with E-state index in [-0.39, 0.29) is 11.5 Å². The second kappa shape index (κ2) is 6.06. The molecule has 0 bridgehead atoms. The first-order valence-corrected chi connectivity index (χ1v) is 7.82. The third kappa shape index (κ3) is 3.06. The van der Waals surface area contributed by atoms with Gasteiger partial charge in [-0.15, -0.1) is 0 Å². The Morgan fingerprint density at radius 2 is 2.39 bits per heavy atom. The molecular weight excluding hydrogens is 317 g/mol. The van der Waals surface area contributed by atoms with E-state index in [4.69, 9.17) is 0 Å². The average Bonchev–Trinajstić information content (AvgIpc) is 2.41. The smallest absolute Gasteiger partial charge is 0.256 e. The zero-order chi connectivity index (χ0) is 13.1. The van der Waals surface area contributed by atoms with E-state index in [1.54, 1.807) is 17.0 Å². The highest BCUT2D eigenvalue weighted by molar-refractivity contribution is 9.10. The van der Waals surface area contributed by atoms with E-state index in [0.717, 1.165) is 16.6 Å². The van der Waals surface area contributed by atoms with E-state index >= 15 is 0 Å². The lowest BCUT2D eigenvalue weighted by molar-refractivity contribution is 0.0756. The van der Waals surface area contributed by atoms with Crippen molar-refractivity contribution in [1.29, 1.82) is 0 Å². The minimum Gasteiger partial charge on any atom is -0.337 e. The number of amides is 1. The molecule has 0 saturated carbocycles. The van der Waals surface area contributed by atoms with Crippen LogP contribution >= 0.6 is 27.7 Å². The van der Waals surface area contributed by atoms with Crippen LogP contribution in [0.2, 0.25) is 0 Å². The van der Waals surface area contributed by atoms with Crippen molar-refractivity contribution >= 4 is 33.6 Å². The monoisotopic (exact) mass is 331 g/mol. The molecule has 1 fully saturated rings.